The Morgan fingerprint density at radius 1 is 1.16 bits per heavy atom. The summed E-state index contributed by atoms with van der Waals surface area (Å²) < 4.78 is 58.7. The first-order valence-corrected chi connectivity index (χ1v) is 18.5. The van der Waals surface area contributed by atoms with Crippen LogP contribution in [0.2, 0.25) is 10.0 Å². The molecule has 2 unspecified atom stereocenters. The van der Waals surface area contributed by atoms with Crippen LogP contribution in [-0.4, -0.2) is 83.1 Å². The molecule has 50 heavy (non-hydrogen) atoms. The predicted octanol–water partition coefficient (Wildman–Crippen LogP) is 8.34. The number of halogens is 5. The number of anilines is 2. The number of alkyl halides is 1. The van der Waals surface area contributed by atoms with Crippen molar-refractivity contribution in [3.8, 4) is 17.1 Å². The first-order chi connectivity index (χ1) is 23.8. The highest BCUT2D eigenvalue weighted by Crippen LogP contribution is 2.49. The first-order valence-electron chi connectivity index (χ1n) is 16.9. The highest BCUT2D eigenvalue weighted by atomic mass is 35.5. The Morgan fingerprint density at radius 3 is 2.66 bits per heavy atom. The van der Waals surface area contributed by atoms with Crippen LogP contribution in [-0.2, 0) is 4.74 Å². The molecule has 2 bridgehead atoms. The number of benzene rings is 2. The van der Waals surface area contributed by atoms with E-state index in [1.54, 1.807) is 26.8 Å². The van der Waals surface area contributed by atoms with Gasteiger partial charge in [0.05, 0.1) is 20.3 Å². The number of fused-ring (bicyclic) bond motifs is 5. The van der Waals surface area contributed by atoms with Gasteiger partial charge in [-0.3, -0.25) is 10.2 Å². The van der Waals surface area contributed by atoms with Crippen LogP contribution < -0.4 is 20.3 Å². The molecule has 0 radical (unpaired) electrons. The van der Waals surface area contributed by atoms with Gasteiger partial charge in [-0.1, -0.05) is 29.3 Å². The summed E-state index contributed by atoms with van der Waals surface area (Å²) in [6.07, 6.45) is 2.49. The number of piperazine rings is 1. The van der Waals surface area contributed by atoms with E-state index in [4.69, 9.17) is 37.7 Å². The Kier molecular flexibility index (Phi) is 8.53. The summed E-state index contributed by atoms with van der Waals surface area (Å²) in [5.74, 6) is -0.837. The average molecular weight is 750 g/mol. The lowest BCUT2D eigenvalue weighted by Gasteiger charge is -2.34. The van der Waals surface area contributed by atoms with Gasteiger partial charge in [-0.15, -0.1) is 11.3 Å². The van der Waals surface area contributed by atoms with Crippen molar-refractivity contribution in [3.05, 3.63) is 39.9 Å². The monoisotopic (exact) mass is 748 g/mol. The summed E-state index contributed by atoms with van der Waals surface area (Å²) in [5, 5.41) is 7.04. The smallest absolute Gasteiger partial charge is 0.412 e. The molecule has 266 valence electrons. The third-order valence-electron chi connectivity index (χ3n) is 10.2. The van der Waals surface area contributed by atoms with E-state index < -0.39 is 35.0 Å². The average Bonchev–Trinajstić information content (AvgIpc) is 3.77. The number of nitrogens with zero attached hydrogens (tertiary/aromatic N) is 4. The fraction of sp³-hybridized carbons (Fsp3) is 0.514. The van der Waals surface area contributed by atoms with Crippen molar-refractivity contribution in [1.29, 1.82) is 0 Å². The minimum absolute atomic E-state index is 0.00393. The Hall–Kier alpha value is -3.10. The summed E-state index contributed by atoms with van der Waals surface area (Å²) >= 11 is 14.6. The van der Waals surface area contributed by atoms with Gasteiger partial charge in [0.1, 0.15) is 40.5 Å². The van der Waals surface area contributed by atoms with Crippen molar-refractivity contribution in [2.45, 2.75) is 82.3 Å². The van der Waals surface area contributed by atoms with Crippen molar-refractivity contribution in [3.63, 3.8) is 0 Å². The van der Waals surface area contributed by atoms with E-state index in [1.807, 2.05) is 0 Å². The number of aromatic nitrogens is 2. The second kappa shape index (κ2) is 12.5. The quantitative estimate of drug-likeness (QED) is 0.204. The highest BCUT2D eigenvalue weighted by molar-refractivity contribution is 7.24. The fourth-order valence-corrected chi connectivity index (χ4v) is 9.87. The van der Waals surface area contributed by atoms with E-state index >= 15 is 8.78 Å². The van der Waals surface area contributed by atoms with Crippen LogP contribution in [0.25, 0.3) is 32.1 Å². The molecule has 2 aromatic carbocycles. The Labute approximate surface area is 301 Å². The zero-order valence-corrected chi connectivity index (χ0v) is 30.2. The van der Waals surface area contributed by atoms with E-state index in [9.17, 15) is 9.18 Å². The number of hydrogen-bond acceptors (Lipinski definition) is 9. The van der Waals surface area contributed by atoms with Gasteiger partial charge in [-0.25, -0.2) is 18.0 Å². The summed E-state index contributed by atoms with van der Waals surface area (Å²) in [6, 6.07) is 4.80. The SMILES string of the molecule is CC(C)(C)OC(=O)Nc1sc2c(F)ccc(-c3c(Cl)cc4c(N5CC6CCC(C5)N6)nc(OC[C@@]56CCCN5C[C@H](F)C6)nc4c3F)c2c1Cl. The maximum absolute atomic E-state index is 17.1. The minimum Gasteiger partial charge on any atom is -0.461 e. The van der Waals surface area contributed by atoms with Crippen LogP contribution in [0, 0.1) is 11.6 Å². The lowest BCUT2D eigenvalue weighted by Crippen LogP contribution is -2.51. The normalized spacial score (nSPS) is 25.1. The van der Waals surface area contributed by atoms with Crippen LogP contribution in [0.3, 0.4) is 0 Å². The number of carbonyl (C=O) groups excluding carboxylic acids is 1. The van der Waals surface area contributed by atoms with Crippen LogP contribution >= 0.6 is 34.5 Å². The van der Waals surface area contributed by atoms with E-state index in [-0.39, 0.29) is 66.5 Å². The Balaban J connectivity index is 1.24. The van der Waals surface area contributed by atoms with Crippen molar-refractivity contribution < 1.29 is 27.4 Å². The van der Waals surface area contributed by atoms with Gasteiger partial charge < -0.3 is 19.7 Å². The third-order valence-corrected chi connectivity index (χ3v) is 12.1. The molecular formula is C35H37Cl2F3N6O3S. The van der Waals surface area contributed by atoms with Crippen molar-refractivity contribution in [2.75, 3.05) is 43.0 Å². The van der Waals surface area contributed by atoms with Crippen LogP contribution in [0.4, 0.5) is 28.8 Å². The van der Waals surface area contributed by atoms with Crippen LogP contribution in [0.5, 0.6) is 6.01 Å². The summed E-state index contributed by atoms with van der Waals surface area (Å²) in [7, 11) is 0. The maximum Gasteiger partial charge on any atom is 0.412 e. The van der Waals surface area contributed by atoms with Gasteiger partial charge in [-0.05, 0) is 70.7 Å². The van der Waals surface area contributed by atoms with Gasteiger partial charge >= 0.3 is 12.1 Å². The standard InChI is InChI=1S/C35H37Cl2F3N6O3S/c1-34(2,3)49-33(47)44-31-26(37)25-20(7-8-23(39)29(25)50-31)24-22(36)11-21-28(27(24)40)42-32(43-30(21)45-14-18-5-6-19(15-45)41-18)48-16-35-9-4-10-46(35)13-17(38)12-35/h7-8,11,17-19,41H,4-6,9-10,12-16H2,1-3H3,(H,44,47)/t17-,18?,19?,35+/m1/s1. The Morgan fingerprint density at radius 2 is 1.92 bits per heavy atom. The summed E-state index contributed by atoms with van der Waals surface area (Å²) in [4.78, 5) is 26.3. The van der Waals surface area contributed by atoms with Gasteiger partial charge in [0.15, 0.2) is 5.82 Å². The van der Waals surface area contributed by atoms with Gasteiger partial charge in [-0.2, -0.15) is 9.97 Å². The van der Waals surface area contributed by atoms with Crippen LogP contribution in [0.15, 0.2) is 18.2 Å². The molecule has 0 spiro atoms. The molecule has 4 aliphatic heterocycles. The van der Waals surface area contributed by atoms with E-state index in [2.05, 4.69) is 25.4 Å². The number of ether oxygens (including phenoxy) is 2. The number of thiophene rings is 1. The van der Waals surface area contributed by atoms with Gasteiger partial charge in [0.2, 0.25) is 0 Å². The molecule has 4 atom stereocenters. The van der Waals surface area contributed by atoms with E-state index in [1.165, 1.54) is 12.1 Å². The zero-order chi connectivity index (χ0) is 35.1. The maximum atomic E-state index is 17.1. The minimum atomic E-state index is -0.929. The molecule has 8 rings (SSSR count). The van der Waals surface area contributed by atoms with Crippen molar-refractivity contribution in [2.24, 2.45) is 0 Å². The number of amides is 1. The third kappa shape index (κ3) is 6.02. The molecule has 2 N–H and O–H groups in total. The molecule has 1 amide bonds. The molecule has 2 aromatic heterocycles. The van der Waals surface area contributed by atoms with Crippen molar-refractivity contribution in [1.82, 2.24) is 20.2 Å². The van der Waals surface area contributed by atoms with E-state index in [0.29, 0.717) is 37.3 Å². The number of hydrogen-bond donors (Lipinski definition) is 2. The van der Waals surface area contributed by atoms with Crippen LogP contribution in [0.1, 0.15) is 52.9 Å². The number of nitrogens with one attached hydrogen (secondary N) is 2. The molecule has 4 aliphatic rings. The van der Waals surface area contributed by atoms with E-state index in [0.717, 1.165) is 43.6 Å². The number of rotatable bonds is 6. The summed E-state index contributed by atoms with van der Waals surface area (Å²) in [6.45, 7) is 7.86. The highest BCUT2D eigenvalue weighted by Gasteiger charge is 2.49. The van der Waals surface area contributed by atoms with Gasteiger partial charge in [0.25, 0.3) is 0 Å². The second-order valence-corrected chi connectivity index (χ2v) is 16.7. The largest absolute Gasteiger partial charge is 0.461 e. The molecule has 4 saturated heterocycles. The predicted molar refractivity (Wildman–Crippen MR) is 191 cm³/mol. The van der Waals surface area contributed by atoms with Crippen molar-refractivity contribution >= 4 is 72.4 Å². The first kappa shape index (κ1) is 34.0. The second-order valence-electron chi connectivity index (χ2n) is 14.9. The zero-order valence-electron chi connectivity index (χ0n) is 27.8. The Bertz CT molecular complexity index is 2020. The lowest BCUT2D eigenvalue weighted by atomic mass is 9.95. The molecule has 15 heteroatoms. The molecule has 6 heterocycles. The molecular weight excluding hydrogens is 712 g/mol. The summed E-state index contributed by atoms with van der Waals surface area (Å²) in [5.41, 5.74) is -1.03. The molecule has 0 saturated carbocycles. The van der Waals surface area contributed by atoms with Gasteiger partial charge in [0, 0.05) is 54.5 Å². The molecule has 4 fully saturated rings. The lowest BCUT2D eigenvalue weighted by molar-refractivity contribution is 0.0636. The molecule has 9 nitrogen and oxygen atoms in total. The fourth-order valence-electron chi connectivity index (χ4n) is 8.15. The number of carbonyl (C=O) groups is 1. The molecule has 0 aliphatic carbocycles. The topological polar surface area (TPSA) is 91.9 Å². The molecule has 4 aromatic rings.